The Kier molecular flexibility index (Phi) is 4.45. The van der Waals surface area contributed by atoms with Crippen LogP contribution in [0.5, 0.6) is 0 Å². The zero-order valence-corrected chi connectivity index (χ0v) is 10.0. The number of hydrogen-bond donors (Lipinski definition) is 1. The van der Waals surface area contributed by atoms with Gasteiger partial charge >= 0.3 is 0 Å². The summed E-state index contributed by atoms with van der Waals surface area (Å²) in [6.07, 6.45) is 8.18. The van der Waals surface area contributed by atoms with Gasteiger partial charge in [-0.15, -0.1) is 0 Å². The summed E-state index contributed by atoms with van der Waals surface area (Å²) in [7, 11) is 0. The van der Waals surface area contributed by atoms with Gasteiger partial charge in [-0.3, -0.25) is 0 Å². The van der Waals surface area contributed by atoms with Gasteiger partial charge in [0.05, 0.1) is 0 Å². The van der Waals surface area contributed by atoms with Crippen molar-refractivity contribution in [1.82, 2.24) is 5.32 Å². The Hall–Kier alpha value is -0.0800. The van der Waals surface area contributed by atoms with Crippen molar-refractivity contribution in [1.29, 1.82) is 0 Å². The van der Waals surface area contributed by atoms with Crippen molar-refractivity contribution in [2.45, 2.75) is 51.5 Å². The van der Waals surface area contributed by atoms with Crippen molar-refractivity contribution in [3.63, 3.8) is 0 Å². The molecule has 2 fully saturated rings. The monoisotopic (exact) mass is 211 g/mol. The Bertz CT molecular complexity index is 173. The Labute approximate surface area is 93.8 Å². The highest BCUT2D eigenvalue weighted by molar-refractivity contribution is 4.80. The molecule has 0 amide bonds. The fourth-order valence-electron chi connectivity index (χ4n) is 2.43. The summed E-state index contributed by atoms with van der Waals surface area (Å²) >= 11 is 0. The molecule has 88 valence electrons. The molecule has 1 saturated heterocycles. The number of rotatable bonds is 6. The molecule has 1 aliphatic carbocycles. The number of ether oxygens (including phenoxy) is 1. The first-order chi connectivity index (χ1) is 7.38. The molecule has 1 aliphatic heterocycles. The lowest BCUT2D eigenvalue weighted by atomic mass is 9.99. The van der Waals surface area contributed by atoms with Crippen LogP contribution in [0, 0.1) is 11.8 Å². The molecule has 1 saturated carbocycles. The van der Waals surface area contributed by atoms with Crippen molar-refractivity contribution in [2.75, 3.05) is 19.8 Å². The van der Waals surface area contributed by atoms with E-state index >= 15 is 0 Å². The van der Waals surface area contributed by atoms with E-state index in [1.54, 1.807) is 0 Å². The molecule has 0 spiro atoms. The molecule has 0 bridgehead atoms. The summed E-state index contributed by atoms with van der Waals surface area (Å²) in [6, 6.07) is 0.778. The van der Waals surface area contributed by atoms with Gasteiger partial charge in [0.2, 0.25) is 0 Å². The van der Waals surface area contributed by atoms with Crippen LogP contribution in [0.2, 0.25) is 0 Å². The maximum atomic E-state index is 5.38. The Morgan fingerprint density at radius 3 is 2.47 bits per heavy atom. The molecule has 0 aromatic carbocycles. The van der Waals surface area contributed by atoms with Gasteiger partial charge < -0.3 is 10.1 Å². The Morgan fingerprint density at radius 2 is 1.87 bits per heavy atom. The number of nitrogens with one attached hydrogen (secondary N) is 1. The molecule has 2 nitrogen and oxygen atoms in total. The summed E-state index contributed by atoms with van der Waals surface area (Å²) in [5.41, 5.74) is 0. The molecule has 1 atom stereocenters. The predicted molar refractivity (Wildman–Crippen MR) is 63.0 cm³/mol. The fourth-order valence-corrected chi connectivity index (χ4v) is 2.43. The SMILES string of the molecule is CCC(CC1CC1)NCC1CCOCC1. The Morgan fingerprint density at radius 1 is 1.13 bits per heavy atom. The summed E-state index contributed by atoms with van der Waals surface area (Å²) in [6.45, 7) is 5.48. The van der Waals surface area contributed by atoms with Crippen molar-refractivity contribution >= 4 is 0 Å². The topological polar surface area (TPSA) is 21.3 Å². The zero-order chi connectivity index (χ0) is 10.5. The van der Waals surface area contributed by atoms with E-state index in [1.807, 2.05) is 0 Å². The van der Waals surface area contributed by atoms with E-state index in [9.17, 15) is 0 Å². The molecule has 0 aromatic rings. The first kappa shape index (κ1) is 11.4. The third-order valence-corrected chi connectivity index (χ3v) is 3.84. The standard InChI is InChI=1S/C13H25NO/c1-2-13(9-11-3-4-11)14-10-12-5-7-15-8-6-12/h11-14H,2-10H2,1H3. The van der Waals surface area contributed by atoms with Crippen LogP contribution in [0.25, 0.3) is 0 Å². The average molecular weight is 211 g/mol. The van der Waals surface area contributed by atoms with Gasteiger partial charge in [-0.1, -0.05) is 19.8 Å². The predicted octanol–water partition coefficient (Wildman–Crippen LogP) is 2.58. The van der Waals surface area contributed by atoms with E-state index in [1.165, 1.54) is 45.1 Å². The average Bonchev–Trinajstić information content (AvgIpc) is 3.09. The molecular weight excluding hydrogens is 186 g/mol. The molecule has 1 unspecified atom stereocenters. The van der Waals surface area contributed by atoms with Crippen LogP contribution in [-0.4, -0.2) is 25.8 Å². The van der Waals surface area contributed by atoms with E-state index in [-0.39, 0.29) is 0 Å². The maximum absolute atomic E-state index is 5.38. The summed E-state index contributed by atoms with van der Waals surface area (Å²) in [4.78, 5) is 0. The van der Waals surface area contributed by atoms with E-state index in [0.29, 0.717) is 0 Å². The molecule has 1 heterocycles. The van der Waals surface area contributed by atoms with Gasteiger partial charge in [-0.25, -0.2) is 0 Å². The van der Waals surface area contributed by atoms with Gasteiger partial charge in [0.1, 0.15) is 0 Å². The first-order valence-corrected chi connectivity index (χ1v) is 6.69. The fraction of sp³-hybridized carbons (Fsp3) is 1.00. The van der Waals surface area contributed by atoms with Crippen LogP contribution in [0.4, 0.5) is 0 Å². The normalized spacial score (nSPS) is 25.4. The van der Waals surface area contributed by atoms with Gasteiger partial charge in [-0.05, 0) is 44.1 Å². The third kappa shape index (κ3) is 4.12. The number of hydrogen-bond acceptors (Lipinski definition) is 2. The second-order valence-corrected chi connectivity index (χ2v) is 5.25. The Balaban J connectivity index is 1.60. The summed E-state index contributed by atoms with van der Waals surface area (Å²) in [5, 5.41) is 3.75. The van der Waals surface area contributed by atoms with Crippen LogP contribution in [0.1, 0.15) is 45.4 Å². The first-order valence-electron chi connectivity index (χ1n) is 6.69. The molecule has 15 heavy (non-hydrogen) atoms. The van der Waals surface area contributed by atoms with Gasteiger partial charge in [-0.2, -0.15) is 0 Å². The smallest absolute Gasteiger partial charge is 0.0469 e. The highest BCUT2D eigenvalue weighted by Crippen LogP contribution is 2.34. The van der Waals surface area contributed by atoms with Crippen LogP contribution in [-0.2, 0) is 4.74 Å². The van der Waals surface area contributed by atoms with Crippen LogP contribution in [0.15, 0.2) is 0 Å². The maximum Gasteiger partial charge on any atom is 0.0469 e. The second kappa shape index (κ2) is 5.86. The van der Waals surface area contributed by atoms with Crippen LogP contribution < -0.4 is 5.32 Å². The highest BCUT2D eigenvalue weighted by atomic mass is 16.5. The van der Waals surface area contributed by atoms with Crippen LogP contribution >= 0.6 is 0 Å². The molecule has 0 radical (unpaired) electrons. The minimum Gasteiger partial charge on any atom is -0.381 e. The van der Waals surface area contributed by atoms with Crippen LogP contribution in [0.3, 0.4) is 0 Å². The molecular formula is C13H25NO. The van der Waals surface area contributed by atoms with Crippen molar-refractivity contribution in [3.8, 4) is 0 Å². The van der Waals surface area contributed by atoms with E-state index in [0.717, 1.165) is 31.1 Å². The third-order valence-electron chi connectivity index (χ3n) is 3.84. The molecule has 2 aliphatic rings. The summed E-state index contributed by atoms with van der Waals surface area (Å²) < 4.78 is 5.38. The minimum atomic E-state index is 0.778. The highest BCUT2D eigenvalue weighted by Gasteiger charge is 2.25. The molecule has 0 aromatic heterocycles. The minimum absolute atomic E-state index is 0.778. The van der Waals surface area contributed by atoms with Gasteiger partial charge in [0.25, 0.3) is 0 Å². The summed E-state index contributed by atoms with van der Waals surface area (Å²) in [5.74, 6) is 1.92. The zero-order valence-electron chi connectivity index (χ0n) is 10.0. The molecule has 2 rings (SSSR count). The molecule has 2 heteroatoms. The quantitative estimate of drug-likeness (QED) is 0.729. The van der Waals surface area contributed by atoms with Gasteiger partial charge in [0.15, 0.2) is 0 Å². The van der Waals surface area contributed by atoms with E-state index in [2.05, 4.69) is 12.2 Å². The lowest BCUT2D eigenvalue weighted by molar-refractivity contribution is 0.0652. The van der Waals surface area contributed by atoms with E-state index in [4.69, 9.17) is 4.74 Å². The van der Waals surface area contributed by atoms with Crippen molar-refractivity contribution in [3.05, 3.63) is 0 Å². The second-order valence-electron chi connectivity index (χ2n) is 5.25. The lowest BCUT2D eigenvalue weighted by Gasteiger charge is -2.25. The molecule has 1 N–H and O–H groups in total. The lowest BCUT2D eigenvalue weighted by Crippen LogP contribution is -2.35. The van der Waals surface area contributed by atoms with Crippen molar-refractivity contribution in [2.24, 2.45) is 11.8 Å². The van der Waals surface area contributed by atoms with Gasteiger partial charge in [0, 0.05) is 19.3 Å². The largest absolute Gasteiger partial charge is 0.381 e. The van der Waals surface area contributed by atoms with E-state index < -0.39 is 0 Å². The van der Waals surface area contributed by atoms with Crippen molar-refractivity contribution < 1.29 is 4.74 Å².